The van der Waals surface area contributed by atoms with Crippen molar-refractivity contribution in [3.05, 3.63) is 45.6 Å². The van der Waals surface area contributed by atoms with Gasteiger partial charge in [0.2, 0.25) is 0 Å². The zero-order valence-electron chi connectivity index (χ0n) is 11.9. The van der Waals surface area contributed by atoms with Crippen molar-refractivity contribution in [1.82, 2.24) is 5.01 Å². The molecule has 5 rings (SSSR count). The van der Waals surface area contributed by atoms with E-state index in [4.69, 9.17) is 0 Å². The SMILES string of the molecule is O=C1[C@H]2[C@H](C(=O)N1/N=C\c1cccc(I)c1)[C@H]1C=C[C@H]2CC1. The lowest BCUT2D eigenvalue weighted by atomic mass is 9.63. The molecule has 2 bridgehead atoms. The topological polar surface area (TPSA) is 49.7 Å². The second-order valence-corrected chi connectivity index (χ2v) is 7.38. The number of carbonyl (C=O) groups is 2. The molecule has 112 valence electrons. The Hall–Kier alpha value is -1.50. The highest BCUT2D eigenvalue weighted by Gasteiger charge is 2.56. The lowest BCUT2D eigenvalue weighted by molar-refractivity contribution is -0.140. The van der Waals surface area contributed by atoms with Crippen molar-refractivity contribution in [3.8, 4) is 0 Å². The van der Waals surface area contributed by atoms with E-state index in [1.165, 1.54) is 0 Å². The first-order valence-electron chi connectivity index (χ1n) is 7.51. The van der Waals surface area contributed by atoms with E-state index in [1.807, 2.05) is 24.3 Å². The minimum Gasteiger partial charge on any atom is -0.272 e. The molecule has 3 aliphatic carbocycles. The van der Waals surface area contributed by atoms with Crippen LogP contribution >= 0.6 is 22.6 Å². The summed E-state index contributed by atoms with van der Waals surface area (Å²) in [5, 5.41) is 5.30. The molecule has 0 radical (unpaired) electrons. The summed E-state index contributed by atoms with van der Waals surface area (Å²) >= 11 is 2.22. The highest BCUT2D eigenvalue weighted by Crippen LogP contribution is 2.49. The molecule has 0 spiro atoms. The summed E-state index contributed by atoms with van der Waals surface area (Å²) < 4.78 is 1.09. The van der Waals surface area contributed by atoms with Crippen molar-refractivity contribution in [1.29, 1.82) is 0 Å². The van der Waals surface area contributed by atoms with Crippen LogP contribution in [0.2, 0.25) is 0 Å². The van der Waals surface area contributed by atoms with Gasteiger partial charge in [0.05, 0.1) is 18.1 Å². The molecule has 22 heavy (non-hydrogen) atoms. The van der Waals surface area contributed by atoms with E-state index in [1.54, 1.807) is 6.21 Å². The summed E-state index contributed by atoms with van der Waals surface area (Å²) in [6.07, 6.45) is 7.86. The number of hydrogen-bond donors (Lipinski definition) is 0. The van der Waals surface area contributed by atoms with E-state index in [-0.39, 0.29) is 35.5 Å². The molecule has 1 saturated heterocycles. The summed E-state index contributed by atoms with van der Waals surface area (Å²) in [5.74, 6) is -0.214. The van der Waals surface area contributed by atoms with Gasteiger partial charge in [-0.15, -0.1) is 0 Å². The number of rotatable bonds is 2. The van der Waals surface area contributed by atoms with Crippen molar-refractivity contribution in [2.45, 2.75) is 12.8 Å². The number of carbonyl (C=O) groups excluding carboxylic acids is 2. The highest BCUT2D eigenvalue weighted by atomic mass is 127. The van der Waals surface area contributed by atoms with Crippen LogP contribution in [0.25, 0.3) is 0 Å². The van der Waals surface area contributed by atoms with Crippen LogP contribution in [0, 0.1) is 27.2 Å². The number of nitrogens with zero attached hydrogens (tertiary/aromatic N) is 2. The minimum atomic E-state index is -0.190. The molecule has 4 atom stereocenters. The Morgan fingerprint density at radius 1 is 1.09 bits per heavy atom. The van der Waals surface area contributed by atoms with Gasteiger partial charge >= 0.3 is 0 Å². The quantitative estimate of drug-likeness (QED) is 0.328. The van der Waals surface area contributed by atoms with Gasteiger partial charge in [-0.1, -0.05) is 24.3 Å². The molecule has 1 aliphatic heterocycles. The maximum absolute atomic E-state index is 12.6. The Labute approximate surface area is 142 Å². The number of fused-ring (bicyclic) bond motifs is 1. The predicted octanol–water partition coefficient (Wildman–Crippen LogP) is 2.82. The van der Waals surface area contributed by atoms with Gasteiger partial charge in [0.15, 0.2) is 0 Å². The molecule has 2 fully saturated rings. The molecule has 1 aromatic rings. The highest BCUT2D eigenvalue weighted by molar-refractivity contribution is 14.1. The fraction of sp³-hybridized carbons (Fsp3) is 0.353. The fourth-order valence-electron chi connectivity index (χ4n) is 3.88. The Morgan fingerprint density at radius 2 is 1.73 bits per heavy atom. The van der Waals surface area contributed by atoms with Crippen LogP contribution in [0.1, 0.15) is 18.4 Å². The van der Waals surface area contributed by atoms with Crippen LogP contribution in [0.4, 0.5) is 0 Å². The number of hydrogen-bond acceptors (Lipinski definition) is 3. The second kappa shape index (κ2) is 5.30. The van der Waals surface area contributed by atoms with Crippen LogP contribution in [-0.4, -0.2) is 23.0 Å². The first kappa shape index (κ1) is 14.1. The van der Waals surface area contributed by atoms with Gasteiger partial charge in [0.25, 0.3) is 11.8 Å². The molecule has 4 aliphatic rings. The van der Waals surface area contributed by atoms with Crippen LogP contribution < -0.4 is 0 Å². The fourth-order valence-corrected chi connectivity index (χ4v) is 4.45. The smallest absolute Gasteiger partial charge is 0.254 e. The van der Waals surface area contributed by atoms with Gasteiger partial charge in [-0.05, 0) is 65.0 Å². The number of benzene rings is 1. The van der Waals surface area contributed by atoms with Gasteiger partial charge in [-0.25, -0.2) is 0 Å². The van der Waals surface area contributed by atoms with Gasteiger partial charge in [0.1, 0.15) is 0 Å². The Bertz CT molecular complexity index is 680. The number of allylic oxidation sites excluding steroid dienone is 2. The molecule has 5 heteroatoms. The third kappa shape index (κ3) is 2.14. The Balaban J connectivity index is 1.61. The normalized spacial score (nSPS) is 33.0. The first-order valence-corrected chi connectivity index (χ1v) is 8.59. The minimum absolute atomic E-state index is 0.129. The maximum Gasteiger partial charge on any atom is 0.254 e. The zero-order chi connectivity index (χ0) is 15.3. The summed E-state index contributed by atoms with van der Waals surface area (Å²) in [5.41, 5.74) is 0.892. The molecule has 1 aromatic carbocycles. The summed E-state index contributed by atoms with van der Waals surface area (Å²) in [6.45, 7) is 0. The summed E-state index contributed by atoms with van der Waals surface area (Å²) in [6, 6.07) is 7.80. The average molecular weight is 406 g/mol. The van der Waals surface area contributed by atoms with Crippen molar-refractivity contribution in [2.24, 2.45) is 28.8 Å². The number of amides is 2. The Morgan fingerprint density at radius 3 is 2.27 bits per heavy atom. The van der Waals surface area contributed by atoms with Gasteiger partial charge < -0.3 is 0 Å². The average Bonchev–Trinajstić information content (AvgIpc) is 2.80. The monoisotopic (exact) mass is 406 g/mol. The van der Waals surface area contributed by atoms with Crippen LogP contribution in [0.5, 0.6) is 0 Å². The van der Waals surface area contributed by atoms with Crippen molar-refractivity contribution in [2.75, 3.05) is 0 Å². The van der Waals surface area contributed by atoms with E-state index in [0.29, 0.717) is 0 Å². The predicted molar refractivity (Wildman–Crippen MR) is 90.9 cm³/mol. The number of halogens is 1. The third-order valence-electron chi connectivity index (χ3n) is 4.91. The maximum atomic E-state index is 12.6. The molecule has 2 amide bonds. The van der Waals surface area contributed by atoms with E-state index < -0.39 is 0 Å². The zero-order valence-corrected chi connectivity index (χ0v) is 14.0. The van der Waals surface area contributed by atoms with Gasteiger partial charge in [-0.3, -0.25) is 9.59 Å². The third-order valence-corrected chi connectivity index (χ3v) is 5.58. The molecule has 1 saturated carbocycles. The van der Waals surface area contributed by atoms with E-state index in [0.717, 1.165) is 27.0 Å². The van der Waals surface area contributed by atoms with Crippen molar-refractivity contribution < 1.29 is 9.59 Å². The largest absolute Gasteiger partial charge is 0.272 e. The standard InChI is InChI=1S/C17H15IN2O2/c18-13-3-1-2-10(8-13)9-19-20-16(21)14-11-4-5-12(7-6-11)15(14)17(20)22/h1-5,8-9,11-12,14-15H,6-7H2/b19-9-/t11-,12-,14+,15+/m0/s1. The summed E-state index contributed by atoms with van der Waals surface area (Å²) in [7, 11) is 0. The van der Waals surface area contributed by atoms with Crippen molar-refractivity contribution in [3.63, 3.8) is 0 Å². The Kier molecular flexibility index (Phi) is 3.40. The lowest BCUT2D eigenvalue weighted by Gasteiger charge is -2.37. The van der Waals surface area contributed by atoms with Crippen LogP contribution in [-0.2, 0) is 9.59 Å². The molecule has 1 heterocycles. The van der Waals surface area contributed by atoms with Crippen LogP contribution in [0.15, 0.2) is 41.5 Å². The number of hydrazone groups is 1. The van der Waals surface area contributed by atoms with E-state index in [9.17, 15) is 9.59 Å². The van der Waals surface area contributed by atoms with Gasteiger partial charge in [0, 0.05) is 3.57 Å². The van der Waals surface area contributed by atoms with Crippen molar-refractivity contribution >= 4 is 40.6 Å². The first-order chi connectivity index (χ1) is 10.6. The molecule has 0 aromatic heterocycles. The van der Waals surface area contributed by atoms with Crippen LogP contribution in [0.3, 0.4) is 0 Å². The molecule has 0 unspecified atom stereocenters. The summed E-state index contributed by atoms with van der Waals surface area (Å²) in [4.78, 5) is 25.2. The molecular formula is C17H15IN2O2. The lowest BCUT2D eigenvalue weighted by Crippen LogP contribution is -2.38. The van der Waals surface area contributed by atoms with E-state index >= 15 is 0 Å². The molecule has 4 nitrogen and oxygen atoms in total. The molecular weight excluding hydrogens is 391 g/mol. The molecule has 0 N–H and O–H groups in total. The van der Waals surface area contributed by atoms with Gasteiger partial charge in [-0.2, -0.15) is 10.1 Å². The second-order valence-electron chi connectivity index (χ2n) is 6.13. The van der Waals surface area contributed by atoms with E-state index in [2.05, 4.69) is 39.8 Å². The number of imide groups is 1.